The molecule has 0 unspecified atom stereocenters. The van der Waals surface area contributed by atoms with Crippen LogP contribution in [-0.2, 0) is 16.4 Å². The number of rotatable bonds is 7. The maximum atomic E-state index is 12.8. The van der Waals surface area contributed by atoms with Crippen LogP contribution < -0.4 is 14.8 Å². The van der Waals surface area contributed by atoms with Gasteiger partial charge in [-0.1, -0.05) is 30.3 Å². The SMILES string of the molecule is CNC(=O)c1cc(S(=O)(=O)NC(C)(C)Cc2ccccc2)ccc1OC. The van der Waals surface area contributed by atoms with E-state index in [4.69, 9.17) is 4.74 Å². The summed E-state index contributed by atoms with van der Waals surface area (Å²) in [7, 11) is -0.909. The monoisotopic (exact) mass is 376 g/mol. The van der Waals surface area contributed by atoms with Crippen LogP contribution in [0.25, 0.3) is 0 Å². The molecule has 2 aromatic rings. The number of carbonyl (C=O) groups is 1. The van der Waals surface area contributed by atoms with Crippen molar-refractivity contribution in [3.8, 4) is 5.75 Å². The van der Waals surface area contributed by atoms with E-state index in [1.54, 1.807) is 0 Å². The zero-order valence-electron chi connectivity index (χ0n) is 15.4. The quantitative estimate of drug-likeness (QED) is 0.777. The molecule has 6 nitrogen and oxygen atoms in total. The van der Waals surface area contributed by atoms with Crippen molar-refractivity contribution in [2.45, 2.75) is 30.7 Å². The number of nitrogens with one attached hydrogen (secondary N) is 2. The molecule has 0 aliphatic heterocycles. The maximum absolute atomic E-state index is 12.8. The van der Waals surface area contributed by atoms with Gasteiger partial charge in [0.2, 0.25) is 10.0 Å². The molecular formula is C19H24N2O4S. The van der Waals surface area contributed by atoms with E-state index >= 15 is 0 Å². The highest BCUT2D eigenvalue weighted by Crippen LogP contribution is 2.24. The molecule has 2 aromatic carbocycles. The Bertz CT molecular complexity index is 878. The Kier molecular flexibility index (Phi) is 6.05. The average molecular weight is 376 g/mol. The summed E-state index contributed by atoms with van der Waals surface area (Å²) in [4.78, 5) is 12.0. The zero-order valence-corrected chi connectivity index (χ0v) is 16.2. The van der Waals surface area contributed by atoms with Gasteiger partial charge in [-0.05, 0) is 44.0 Å². The normalized spacial score (nSPS) is 11.8. The molecule has 1 amide bonds. The number of sulfonamides is 1. The third kappa shape index (κ3) is 4.83. The molecule has 7 heteroatoms. The molecule has 0 saturated heterocycles. The van der Waals surface area contributed by atoms with Crippen molar-refractivity contribution < 1.29 is 17.9 Å². The lowest BCUT2D eigenvalue weighted by atomic mass is 9.96. The number of hydrogen-bond donors (Lipinski definition) is 2. The molecule has 0 heterocycles. The highest BCUT2D eigenvalue weighted by atomic mass is 32.2. The Morgan fingerprint density at radius 2 is 1.77 bits per heavy atom. The van der Waals surface area contributed by atoms with Gasteiger partial charge in [0.1, 0.15) is 5.75 Å². The van der Waals surface area contributed by atoms with Crippen molar-refractivity contribution in [1.29, 1.82) is 0 Å². The molecule has 2 N–H and O–H groups in total. The Labute approximate surface area is 154 Å². The van der Waals surface area contributed by atoms with Gasteiger partial charge in [-0.15, -0.1) is 0 Å². The summed E-state index contributed by atoms with van der Waals surface area (Å²) in [6.07, 6.45) is 0.533. The van der Waals surface area contributed by atoms with Crippen LogP contribution in [0.3, 0.4) is 0 Å². The Balaban J connectivity index is 2.30. The van der Waals surface area contributed by atoms with Gasteiger partial charge in [-0.3, -0.25) is 4.79 Å². The Morgan fingerprint density at radius 1 is 1.12 bits per heavy atom. The van der Waals surface area contributed by atoms with E-state index in [9.17, 15) is 13.2 Å². The van der Waals surface area contributed by atoms with Crippen molar-refractivity contribution in [2.75, 3.05) is 14.2 Å². The molecular weight excluding hydrogens is 352 g/mol. The summed E-state index contributed by atoms with van der Waals surface area (Å²) < 4.78 is 33.5. The van der Waals surface area contributed by atoms with Gasteiger partial charge in [-0.25, -0.2) is 13.1 Å². The highest BCUT2D eigenvalue weighted by Gasteiger charge is 2.27. The fraction of sp³-hybridized carbons (Fsp3) is 0.316. The lowest BCUT2D eigenvalue weighted by Crippen LogP contribution is -2.45. The molecule has 0 aliphatic carbocycles. The predicted molar refractivity (Wildman–Crippen MR) is 101 cm³/mol. The second-order valence-corrected chi connectivity index (χ2v) is 8.28. The van der Waals surface area contributed by atoms with Crippen LogP contribution >= 0.6 is 0 Å². The number of hydrogen-bond acceptors (Lipinski definition) is 4. The molecule has 0 saturated carbocycles. The predicted octanol–water partition coefficient (Wildman–Crippen LogP) is 2.35. The van der Waals surface area contributed by atoms with Crippen LogP contribution in [0.1, 0.15) is 29.8 Å². The van der Waals surface area contributed by atoms with E-state index in [-0.39, 0.29) is 10.5 Å². The van der Waals surface area contributed by atoms with E-state index < -0.39 is 21.5 Å². The molecule has 0 bridgehead atoms. The first-order valence-corrected chi connectivity index (χ1v) is 9.65. The fourth-order valence-corrected chi connectivity index (χ4v) is 4.17. The number of benzene rings is 2. The molecule has 0 spiro atoms. The summed E-state index contributed by atoms with van der Waals surface area (Å²) >= 11 is 0. The van der Waals surface area contributed by atoms with Gasteiger partial charge in [0.15, 0.2) is 0 Å². The standard InChI is InChI=1S/C19H24N2O4S/c1-19(2,13-14-8-6-5-7-9-14)21-26(23,24)15-10-11-17(25-4)16(12-15)18(22)20-3/h5-12,21H,13H2,1-4H3,(H,20,22). The van der Waals surface area contributed by atoms with Crippen LogP contribution in [0.2, 0.25) is 0 Å². The lowest BCUT2D eigenvalue weighted by Gasteiger charge is -2.26. The Hall–Kier alpha value is -2.38. The van der Waals surface area contributed by atoms with Gasteiger partial charge in [0.05, 0.1) is 17.6 Å². The summed E-state index contributed by atoms with van der Waals surface area (Å²) in [5.41, 5.74) is 0.493. The van der Waals surface area contributed by atoms with E-state index in [1.807, 2.05) is 44.2 Å². The van der Waals surface area contributed by atoms with Crippen LogP contribution in [0, 0.1) is 0 Å². The fourth-order valence-electron chi connectivity index (χ4n) is 2.73. The third-order valence-electron chi connectivity index (χ3n) is 3.85. The first-order valence-electron chi connectivity index (χ1n) is 8.16. The zero-order chi connectivity index (χ0) is 19.4. The summed E-state index contributed by atoms with van der Waals surface area (Å²) in [5.74, 6) is -0.103. The second-order valence-electron chi connectivity index (χ2n) is 6.59. The van der Waals surface area contributed by atoms with Gasteiger partial charge < -0.3 is 10.1 Å². The van der Waals surface area contributed by atoms with E-state index in [2.05, 4.69) is 10.0 Å². The van der Waals surface area contributed by atoms with Crippen LogP contribution in [0.4, 0.5) is 0 Å². The highest BCUT2D eigenvalue weighted by molar-refractivity contribution is 7.89. The van der Waals surface area contributed by atoms with Gasteiger partial charge in [0.25, 0.3) is 5.91 Å². The molecule has 26 heavy (non-hydrogen) atoms. The third-order valence-corrected chi connectivity index (χ3v) is 5.55. The Morgan fingerprint density at radius 3 is 2.35 bits per heavy atom. The number of carbonyl (C=O) groups excluding carboxylic acids is 1. The molecule has 0 fully saturated rings. The first-order chi connectivity index (χ1) is 12.2. The van der Waals surface area contributed by atoms with E-state index in [1.165, 1.54) is 32.4 Å². The van der Waals surface area contributed by atoms with Crippen LogP contribution in [0.15, 0.2) is 53.4 Å². The first kappa shape index (κ1) is 19.9. The van der Waals surface area contributed by atoms with Gasteiger partial charge >= 0.3 is 0 Å². The van der Waals surface area contributed by atoms with Gasteiger partial charge in [0, 0.05) is 12.6 Å². The van der Waals surface area contributed by atoms with Crippen molar-refractivity contribution in [2.24, 2.45) is 0 Å². The minimum atomic E-state index is -3.81. The number of amides is 1. The smallest absolute Gasteiger partial charge is 0.254 e. The van der Waals surface area contributed by atoms with E-state index in [0.717, 1.165) is 5.56 Å². The van der Waals surface area contributed by atoms with Crippen molar-refractivity contribution in [3.05, 3.63) is 59.7 Å². The second kappa shape index (κ2) is 7.88. The largest absolute Gasteiger partial charge is 0.496 e. The molecule has 2 rings (SSSR count). The van der Waals surface area contributed by atoms with Crippen LogP contribution in [0.5, 0.6) is 5.75 Å². The van der Waals surface area contributed by atoms with Crippen molar-refractivity contribution >= 4 is 15.9 Å². The molecule has 140 valence electrons. The summed E-state index contributed by atoms with van der Waals surface area (Å²) in [5, 5.41) is 2.48. The summed E-state index contributed by atoms with van der Waals surface area (Å²) in [6, 6.07) is 13.9. The maximum Gasteiger partial charge on any atom is 0.254 e. The number of methoxy groups -OCH3 is 1. The lowest BCUT2D eigenvalue weighted by molar-refractivity contribution is 0.0960. The van der Waals surface area contributed by atoms with Crippen molar-refractivity contribution in [1.82, 2.24) is 10.0 Å². The molecule has 0 aromatic heterocycles. The van der Waals surface area contributed by atoms with E-state index in [0.29, 0.717) is 12.2 Å². The topological polar surface area (TPSA) is 84.5 Å². The molecule has 0 aliphatic rings. The minimum absolute atomic E-state index is 0.0121. The van der Waals surface area contributed by atoms with Crippen molar-refractivity contribution in [3.63, 3.8) is 0 Å². The van der Waals surface area contributed by atoms with Gasteiger partial charge in [-0.2, -0.15) is 0 Å². The molecule has 0 radical (unpaired) electrons. The summed E-state index contributed by atoms with van der Waals surface area (Å²) in [6.45, 7) is 3.64. The number of ether oxygens (including phenoxy) is 1. The molecule has 0 atom stereocenters. The van der Waals surface area contributed by atoms with Crippen LogP contribution in [-0.4, -0.2) is 34.0 Å². The average Bonchev–Trinajstić information content (AvgIpc) is 2.59. The minimum Gasteiger partial charge on any atom is -0.496 e.